The number of nitrogens with one attached hydrogen (secondary N) is 2. The van der Waals surface area contributed by atoms with Gasteiger partial charge in [-0.3, -0.25) is 9.59 Å². The number of carbonyl (C=O) groups excluding carboxylic acids is 2. The number of anilines is 2. The highest BCUT2D eigenvalue weighted by atomic mass is 19.4. The molecule has 0 saturated heterocycles. The topological polar surface area (TPSA) is 114 Å². The van der Waals surface area contributed by atoms with Gasteiger partial charge in [0.05, 0.1) is 48.2 Å². The number of amides is 2. The Hall–Kier alpha value is -4.81. The molecule has 10 nitrogen and oxygen atoms in total. The molecule has 0 aliphatic carbocycles. The number of carbonyl (C=O) groups is 2. The van der Waals surface area contributed by atoms with Crippen molar-refractivity contribution in [2.45, 2.75) is 6.18 Å². The predicted molar refractivity (Wildman–Crippen MR) is 140 cm³/mol. The average molecular weight is 565 g/mol. The maximum absolute atomic E-state index is 13.7. The van der Waals surface area contributed by atoms with Gasteiger partial charge in [0.15, 0.2) is 23.0 Å². The van der Waals surface area contributed by atoms with Gasteiger partial charge in [0.25, 0.3) is 11.8 Å². The molecule has 0 heterocycles. The number of hydrogen-bond donors (Lipinski definition) is 2. The van der Waals surface area contributed by atoms with Gasteiger partial charge in [-0.05, 0) is 42.5 Å². The van der Waals surface area contributed by atoms with E-state index in [9.17, 15) is 22.8 Å². The summed E-state index contributed by atoms with van der Waals surface area (Å²) in [6, 6.07) is 8.04. The predicted octanol–water partition coefficient (Wildman–Crippen LogP) is 5.26. The number of benzene rings is 3. The van der Waals surface area contributed by atoms with Crippen LogP contribution in [0.5, 0.6) is 34.5 Å². The quantitative estimate of drug-likeness (QED) is 0.343. The van der Waals surface area contributed by atoms with Crippen LogP contribution in [-0.4, -0.2) is 54.5 Å². The van der Waals surface area contributed by atoms with Gasteiger partial charge in [-0.25, -0.2) is 0 Å². The number of rotatable bonds is 10. The number of ether oxygens (including phenoxy) is 6. The summed E-state index contributed by atoms with van der Waals surface area (Å²) in [5.41, 5.74) is -1.51. The van der Waals surface area contributed by atoms with Crippen molar-refractivity contribution in [3.8, 4) is 34.5 Å². The summed E-state index contributed by atoms with van der Waals surface area (Å²) in [5, 5.41) is 4.83. The van der Waals surface area contributed by atoms with Crippen LogP contribution in [0.1, 0.15) is 26.3 Å². The second-order valence-corrected chi connectivity index (χ2v) is 8.03. The first kappa shape index (κ1) is 29.7. The van der Waals surface area contributed by atoms with E-state index < -0.39 is 23.6 Å². The Labute approximate surface area is 227 Å². The van der Waals surface area contributed by atoms with E-state index in [1.54, 1.807) is 0 Å². The third-order valence-corrected chi connectivity index (χ3v) is 5.63. The average Bonchev–Trinajstić information content (AvgIpc) is 2.94. The molecule has 0 aromatic heterocycles. The van der Waals surface area contributed by atoms with E-state index in [1.165, 1.54) is 73.0 Å². The second kappa shape index (κ2) is 12.4. The first-order valence-corrected chi connectivity index (χ1v) is 11.4. The van der Waals surface area contributed by atoms with Crippen molar-refractivity contribution in [2.75, 3.05) is 53.3 Å². The van der Waals surface area contributed by atoms with Crippen LogP contribution in [0.3, 0.4) is 0 Å². The van der Waals surface area contributed by atoms with Crippen LogP contribution in [0.2, 0.25) is 0 Å². The fraction of sp³-hybridized carbons (Fsp3) is 0.259. The summed E-state index contributed by atoms with van der Waals surface area (Å²) < 4.78 is 72.5. The summed E-state index contributed by atoms with van der Waals surface area (Å²) in [7, 11) is 8.19. The van der Waals surface area contributed by atoms with Gasteiger partial charge in [0.1, 0.15) is 0 Å². The Morgan fingerprint density at radius 2 is 0.875 bits per heavy atom. The second-order valence-electron chi connectivity index (χ2n) is 8.03. The highest BCUT2D eigenvalue weighted by Crippen LogP contribution is 2.40. The van der Waals surface area contributed by atoms with E-state index >= 15 is 0 Å². The zero-order valence-electron chi connectivity index (χ0n) is 22.4. The summed E-state index contributed by atoms with van der Waals surface area (Å²) in [4.78, 5) is 26.0. The van der Waals surface area contributed by atoms with Crippen molar-refractivity contribution < 1.29 is 51.2 Å². The SMILES string of the molecule is COc1cc(C(=O)Nc2cc(NC(=O)c3cc(OC)c(OC)c(OC)c3)cc(C(F)(F)F)c2)cc(OC)c1OC. The number of hydrogen-bond acceptors (Lipinski definition) is 8. The first-order chi connectivity index (χ1) is 19.0. The first-order valence-electron chi connectivity index (χ1n) is 11.4. The number of alkyl halides is 3. The van der Waals surface area contributed by atoms with Crippen LogP contribution >= 0.6 is 0 Å². The zero-order valence-corrected chi connectivity index (χ0v) is 22.4. The highest BCUT2D eigenvalue weighted by molar-refractivity contribution is 6.07. The lowest BCUT2D eigenvalue weighted by molar-refractivity contribution is -0.137. The third kappa shape index (κ3) is 6.42. The van der Waals surface area contributed by atoms with Gasteiger partial charge >= 0.3 is 6.18 Å². The van der Waals surface area contributed by atoms with Crippen LogP contribution in [0, 0.1) is 0 Å². The lowest BCUT2D eigenvalue weighted by Gasteiger charge is -2.16. The third-order valence-electron chi connectivity index (χ3n) is 5.63. The molecule has 0 spiro atoms. The normalized spacial score (nSPS) is 10.8. The Morgan fingerprint density at radius 3 is 1.12 bits per heavy atom. The molecule has 214 valence electrons. The Balaban J connectivity index is 1.98. The molecular formula is C27H27F3N2O8. The molecule has 0 saturated carbocycles. The van der Waals surface area contributed by atoms with Gasteiger partial charge in [-0.2, -0.15) is 13.2 Å². The van der Waals surface area contributed by atoms with Crippen LogP contribution in [0.15, 0.2) is 42.5 Å². The Morgan fingerprint density at radius 1 is 0.550 bits per heavy atom. The van der Waals surface area contributed by atoms with Crippen LogP contribution < -0.4 is 39.1 Å². The minimum Gasteiger partial charge on any atom is -0.493 e. The van der Waals surface area contributed by atoms with Gasteiger partial charge in [-0.15, -0.1) is 0 Å². The van der Waals surface area contributed by atoms with Crippen molar-refractivity contribution in [3.05, 3.63) is 59.2 Å². The summed E-state index contributed by atoms with van der Waals surface area (Å²) in [6.07, 6.45) is -4.78. The minimum atomic E-state index is -4.78. The molecule has 13 heteroatoms. The standard InChI is InChI=1S/C27H27F3N2O8/c1-35-19-7-14(8-20(36-2)23(19)39-5)25(33)31-17-11-16(27(28,29)30)12-18(13-17)32-26(34)15-9-21(37-3)24(40-6)22(10-15)38-4/h7-13H,1-6H3,(H,31,33)(H,32,34). The molecule has 3 aromatic carbocycles. The summed E-state index contributed by atoms with van der Waals surface area (Å²) in [5.74, 6) is -0.358. The van der Waals surface area contributed by atoms with E-state index in [-0.39, 0.29) is 57.0 Å². The molecule has 2 amide bonds. The lowest BCUT2D eigenvalue weighted by Crippen LogP contribution is -2.16. The lowest BCUT2D eigenvalue weighted by atomic mass is 10.1. The van der Waals surface area contributed by atoms with E-state index in [0.717, 1.165) is 12.1 Å². The molecule has 0 aliphatic heterocycles. The van der Waals surface area contributed by atoms with Crippen molar-refractivity contribution in [1.82, 2.24) is 0 Å². The largest absolute Gasteiger partial charge is 0.493 e. The number of methoxy groups -OCH3 is 6. The highest BCUT2D eigenvalue weighted by Gasteiger charge is 2.32. The van der Waals surface area contributed by atoms with Crippen molar-refractivity contribution in [2.24, 2.45) is 0 Å². The molecular weight excluding hydrogens is 537 g/mol. The van der Waals surface area contributed by atoms with E-state index in [4.69, 9.17) is 28.4 Å². The number of halogens is 3. The molecule has 0 aliphatic rings. The maximum Gasteiger partial charge on any atom is 0.416 e. The van der Waals surface area contributed by atoms with Crippen molar-refractivity contribution in [3.63, 3.8) is 0 Å². The maximum atomic E-state index is 13.7. The monoisotopic (exact) mass is 564 g/mol. The van der Waals surface area contributed by atoms with Crippen LogP contribution in [0.25, 0.3) is 0 Å². The molecule has 3 aromatic rings. The smallest absolute Gasteiger partial charge is 0.416 e. The molecule has 3 rings (SSSR count). The van der Waals surface area contributed by atoms with Crippen molar-refractivity contribution in [1.29, 1.82) is 0 Å². The summed E-state index contributed by atoms with van der Waals surface area (Å²) in [6.45, 7) is 0. The molecule has 0 fully saturated rings. The Kier molecular flexibility index (Phi) is 9.19. The molecule has 2 N–H and O–H groups in total. The van der Waals surface area contributed by atoms with E-state index in [1.807, 2.05) is 0 Å². The molecule has 0 radical (unpaired) electrons. The van der Waals surface area contributed by atoms with Crippen LogP contribution in [-0.2, 0) is 6.18 Å². The van der Waals surface area contributed by atoms with Crippen molar-refractivity contribution >= 4 is 23.2 Å². The molecule has 0 bridgehead atoms. The molecule has 0 unspecified atom stereocenters. The fourth-order valence-electron chi connectivity index (χ4n) is 3.77. The van der Waals surface area contributed by atoms with Gasteiger partial charge < -0.3 is 39.1 Å². The van der Waals surface area contributed by atoms with E-state index in [0.29, 0.717) is 0 Å². The Bertz CT molecular complexity index is 1260. The van der Waals surface area contributed by atoms with Crippen LogP contribution in [0.4, 0.5) is 24.5 Å². The minimum absolute atomic E-state index is 0.0231. The van der Waals surface area contributed by atoms with Gasteiger partial charge in [0.2, 0.25) is 11.5 Å². The fourth-order valence-corrected chi connectivity index (χ4v) is 3.77. The molecule has 40 heavy (non-hydrogen) atoms. The zero-order chi connectivity index (χ0) is 29.6. The van der Waals surface area contributed by atoms with Gasteiger partial charge in [0, 0.05) is 22.5 Å². The van der Waals surface area contributed by atoms with Gasteiger partial charge in [-0.1, -0.05) is 0 Å². The van der Waals surface area contributed by atoms with E-state index in [2.05, 4.69) is 10.6 Å². The molecule has 0 atom stereocenters. The summed E-state index contributed by atoms with van der Waals surface area (Å²) >= 11 is 0.